The molecule has 122 valence electrons. The van der Waals surface area contributed by atoms with Crippen LogP contribution in [0.15, 0.2) is 30.6 Å². The fourth-order valence-electron chi connectivity index (χ4n) is 2.85. The lowest BCUT2D eigenvalue weighted by Crippen LogP contribution is -2.33. The molecule has 0 saturated carbocycles. The zero-order valence-electron chi connectivity index (χ0n) is 13.5. The normalized spacial score (nSPS) is 21.1. The zero-order chi connectivity index (χ0) is 16.2. The van der Waals surface area contributed by atoms with Crippen LogP contribution in [0.1, 0.15) is 26.2 Å². The Morgan fingerprint density at radius 1 is 1.48 bits per heavy atom. The first-order valence-electron chi connectivity index (χ1n) is 8.04. The highest BCUT2D eigenvalue weighted by molar-refractivity contribution is 5.93. The van der Waals surface area contributed by atoms with E-state index in [4.69, 9.17) is 4.74 Å². The van der Waals surface area contributed by atoms with Crippen molar-refractivity contribution in [2.24, 2.45) is 13.0 Å². The number of benzene rings is 1. The van der Waals surface area contributed by atoms with E-state index in [9.17, 15) is 4.79 Å². The van der Waals surface area contributed by atoms with Gasteiger partial charge in [-0.2, -0.15) is 5.10 Å². The summed E-state index contributed by atoms with van der Waals surface area (Å²) < 4.78 is 7.30. The topological polar surface area (TPSA) is 69.0 Å². The molecule has 1 aromatic carbocycles. The smallest absolute Gasteiger partial charge is 0.227 e. The van der Waals surface area contributed by atoms with Gasteiger partial charge < -0.3 is 10.1 Å². The molecule has 1 fully saturated rings. The van der Waals surface area contributed by atoms with Gasteiger partial charge in [-0.25, -0.2) is 4.98 Å². The maximum atomic E-state index is 12.5. The molecule has 3 rings (SSSR count). The average Bonchev–Trinajstić information content (AvgIpc) is 3.02. The summed E-state index contributed by atoms with van der Waals surface area (Å²) in [5, 5.41) is 7.30. The molecule has 1 aliphatic rings. The van der Waals surface area contributed by atoms with E-state index in [1.807, 2.05) is 31.3 Å². The van der Waals surface area contributed by atoms with Crippen LogP contribution >= 0.6 is 0 Å². The quantitative estimate of drug-likeness (QED) is 0.942. The summed E-state index contributed by atoms with van der Waals surface area (Å²) >= 11 is 0. The molecule has 1 N–H and O–H groups in total. The molecule has 2 aromatic rings. The highest BCUT2D eigenvalue weighted by Crippen LogP contribution is 2.25. The van der Waals surface area contributed by atoms with E-state index >= 15 is 0 Å². The van der Waals surface area contributed by atoms with E-state index in [1.165, 1.54) is 0 Å². The second kappa shape index (κ2) is 6.91. The molecule has 0 spiro atoms. The number of nitrogens with one attached hydrogen (secondary N) is 1. The molecule has 6 heteroatoms. The summed E-state index contributed by atoms with van der Waals surface area (Å²) in [4.78, 5) is 16.7. The molecule has 1 aliphatic heterocycles. The molecule has 1 saturated heterocycles. The number of hydrogen-bond donors (Lipinski definition) is 1. The minimum absolute atomic E-state index is 0.0188. The SMILES string of the molecule is CC[C@H]1C[C@@H](C(=O)Nc2cccc(-c3ncn(C)n3)c2)CCO1. The van der Waals surface area contributed by atoms with Crippen molar-refractivity contribution < 1.29 is 9.53 Å². The Labute approximate surface area is 135 Å². The van der Waals surface area contributed by atoms with E-state index in [0.717, 1.165) is 30.5 Å². The second-order valence-electron chi connectivity index (χ2n) is 5.93. The lowest BCUT2D eigenvalue weighted by atomic mass is 9.93. The fourth-order valence-corrected chi connectivity index (χ4v) is 2.85. The summed E-state index contributed by atoms with van der Waals surface area (Å²) in [5.74, 6) is 0.740. The summed E-state index contributed by atoms with van der Waals surface area (Å²) in [6.07, 6.45) is 4.38. The molecule has 0 unspecified atom stereocenters. The highest BCUT2D eigenvalue weighted by atomic mass is 16.5. The highest BCUT2D eigenvalue weighted by Gasteiger charge is 2.27. The minimum atomic E-state index is 0.0188. The summed E-state index contributed by atoms with van der Waals surface area (Å²) in [6, 6.07) is 7.64. The van der Waals surface area contributed by atoms with Crippen molar-refractivity contribution in [3.63, 3.8) is 0 Å². The molecular weight excluding hydrogens is 292 g/mol. The van der Waals surface area contributed by atoms with Crippen molar-refractivity contribution in [2.45, 2.75) is 32.3 Å². The predicted molar refractivity (Wildman–Crippen MR) is 87.8 cm³/mol. The molecule has 0 radical (unpaired) electrons. The number of ether oxygens (including phenoxy) is 1. The van der Waals surface area contributed by atoms with Crippen LogP contribution in [-0.2, 0) is 16.6 Å². The molecule has 2 heterocycles. The number of rotatable bonds is 4. The summed E-state index contributed by atoms with van der Waals surface area (Å²) in [5.41, 5.74) is 1.67. The van der Waals surface area contributed by atoms with E-state index in [1.54, 1.807) is 11.0 Å². The van der Waals surface area contributed by atoms with Crippen molar-refractivity contribution in [1.82, 2.24) is 14.8 Å². The number of aryl methyl sites for hydroxylation is 1. The number of carbonyl (C=O) groups excluding carboxylic acids is 1. The predicted octanol–water partition coefficient (Wildman–Crippen LogP) is 2.63. The molecule has 2 atom stereocenters. The number of hydrogen-bond acceptors (Lipinski definition) is 4. The summed E-state index contributed by atoms with van der Waals surface area (Å²) in [6.45, 7) is 2.75. The van der Waals surface area contributed by atoms with Crippen molar-refractivity contribution in [1.29, 1.82) is 0 Å². The first-order valence-corrected chi connectivity index (χ1v) is 8.04. The van der Waals surface area contributed by atoms with Gasteiger partial charge >= 0.3 is 0 Å². The maximum absolute atomic E-state index is 12.5. The van der Waals surface area contributed by atoms with Crippen molar-refractivity contribution in [3.05, 3.63) is 30.6 Å². The number of carbonyl (C=O) groups is 1. The largest absolute Gasteiger partial charge is 0.378 e. The maximum Gasteiger partial charge on any atom is 0.227 e. The van der Waals surface area contributed by atoms with Gasteiger partial charge in [0.1, 0.15) is 6.33 Å². The van der Waals surface area contributed by atoms with Crippen LogP contribution in [0.5, 0.6) is 0 Å². The molecular formula is C17H22N4O2. The fraction of sp³-hybridized carbons (Fsp3) is 0.471. The zero-order valence-corrected chi connectivity index (χ0v) is 13.5. The Morgan fingerprint density at radius 2 is 2.35 bits per heavy atom. The van der Waals surface area contributed by atoms with Gasteiger partial charge in [-0.1, -0.05) is 19.1 Å². The molecule has 0 aliphatic carbocycles. The Bertz CT molecular complexity index is 683. The Kier molecular flexibility index (Phi) is 4.71. The molecule has 1 aromatic heterocycles. The van der Waals surface area contributed by atoms with Crippen LogP contribution in [0, 0.1) is 5.92 Å². The summed E-state index contributed by atoms with van der Waals surface area (Å²) in [7, 11) is 1.83. The van der Waals surface area contributed by atoms with Crippen molar-refractivity contribution in [2.75, 3.05) is 11.9 Å². The molecule has 0 bridgehead atoms. The van der Waals surface area contributed by atoms with E-state index in [-0.39, 0.29) is 17.9 Å². The Morgan fingerprint density at radius 3 is 3.09 bits per heavy atom. The molecule has 1 amide bonds. The van der Waals surface area contributed by atoms with Crippen LogP contribution in [0.25, 0.3) is 11.4 Å². The van der Waals surface area contributed by atoms with Gasteiger partial charge in [0.15, 0.2) is 5.82 Å². The van der Waals surface area contributed by atoms with Gasteiger partial charge in [-0.05, 0) is 31.4 Å². The first-order chi connectivity index (χ1) is 11.2. The number of amides is 1. The van der Waals surface area contributed by atoms with Crippen molar-refractivity contribution in [3.8, 4) is 11.4 Å². The lowest BCUT2D eigenvalue weighted by molar-refractivity contribution is -0.124. The van der Waals surface area contributed by atoms with Gasteiger partial charge in [0, 0.05) is 30.8 Å². The minimum Gasteiger partial charge on any atom is -0.378 e. The third-order valence-electron chi connectivity index (χ3n) is 4.18. The Hall–Kier alpha value is -2.21. The van der Waals surface area contributed by atoms with Gasteiger partial charge in [0.05, 0.1) is 6.10 Å². The van der Waals surface area contributed by atoms with Crippen LogP contribution in [0.4, 0.5) is 5.69 Å². The number of aromatic nitrogens is 3. The number of nitrogens with zero attached hydrogens (tertiary/aromatic N) is 3. The van der Waals surface area contributed by atoms with Gasteiger partial charge in [-0.15, -0.1) is 0 Å². The van der Waals surface area contributed by atoms with E-state index in [2.05, 4.69) is 22.3 Å². The van der Waals surface area contributed by atoms with Crippen LogP contribution < -0.4 is 5.32 Å². The van der Waals surface area contributed by atoms with E-state index < -0.39 is 0 Å². The average molecular weight is 314 g/mol. The number of anilines is 1. The third kappa shape index (κ3) is 3.76. The second-order valence-corrected chi connectivity index (χ2v) is 5.93. The van der Waals surface area contributed by atoms with Gasteiger partial charge in [-0.3, -0.25) is 9.48 Å². The molecule has 6 nitrogen and oxygen atoms in total. The van der Waals surface area contributed by atoms with Crippen LogP contribution in [0.3, 0.4) is 0 Å². The lowest BCUT2D eigenvalue weighted by Gasteiger charge is -2.28. The van der Waals surface area contributed by atoms with Crippen molar-refractivity contribution >= 4 is 11.6 Å². The Balaban J connectivity index is 1.69. The van der Waals surface area contributed by atoms with E-state index in [0.29, 0.717) is 12.4 Å². The monoisotopic (exact) mass is 314 g/mol. The standard InChI is InChI=1S/C17H22N4O2/c1-3-15-10-13(7-8-23-15)17(22)19-14-6-4-5-12(9-14)16-18-11-21(2)20-16/h4-6,9,11,13,15H,3,7-8,10H2,1-2H3,(H,19,22)/t13-,15-/m0/s1. The van der Waals surface area contributed by atoms with Crippen LogP contribution in [0.2, 0.25) is 0 Å². The van der Waals surface area contributed by atoms with Gasteiger partial charge in [0.25, 0.3) is 0 Å². The van der Waals surface area contributed by atoms with Gasteiger partial charge in [0.2, 0.25) is 5.91 Å². The first kappa shape index (κ1) is 15.7. The molecule has 23 heavy (non-hydrogen) atoms. The van der Waals surface area contributed by atoms with Crippen LogP contribution in [-0.4, -0.2) is 33.4 Å². The third-order valence-corrected chi connectivity index (χ3v) is 4.18.